The van der Waals surface area contributed by atoms with Crippen molar-refractivity contribution < 1.29 is 0 Å². The lowest BCUT2D eigenvalue weighted by molar-refractivity contribution is 0.312. The van der Waals surface area contributed by atoms with E-state index < -0.39 is 0 Å². The highest BCUT2D eigenvalue weighted by Gasteiger charge is 2.25. The molecule has 0 aliphatic heterocycles. The zero-order valence-electron chi connectivity index (χ0n) is 7.90. The van der Waals surface area contributed by atoms with Gasteiger partial charge in [-0.25, -0.2) is 4.98 Å². The largest absolute Gasteiger partial charge is 0.384 e. The predicted octanol–water partition coefficient (Wildman–Crippen LogP) is 1.26. The molecule has 0 radical (unpaired) electrons. The first-order valence-corrected chi connectivity index (χ1v) is 4.67. The molecule has 1 aromatic heterocycles. The second-order valence-electron chi connectivity index (χ2n) is 3.70. The number of hydrogen-bond donors (Lipinski definition) is 1. The summed E-state index contributed by atoms with van der Waals surface area (Å²) >= 11 is 0. The minimum absolute atomic E-state index is 0.613. The summed E-state index contributed by atoms with van der Waals surface area (Å²) in [5.41, 5.74) is 6.66. The first kappa shape index (κ1) is 8.51. The quantitative estimate of drug-likeness (QED) is 0.755. The Bertz CT molecular complexity index is 294. The highest BCUT2D eigenvalue weighted by molar-refractivity contribution is 5.28. The molecule has 1 heterocycles. The van der Waals surface area contributed by atoms with Crippen molar-refractivity contribution in [3.8, 4) is 0 Å². The van der Waals surface area contributed by atoms with Crippen molar-refractivity contribution in [1.82, 2.24) is 9.88 Å². The van der Waals surface area contributed by atoms with Crippen molar-refractivity contribution in [2.45, 2.75) is 25.4 Å². The van der Waals surface area contributed by atoms with Gasteiger partial charge in [0.1, 0.15) is 5.82 Å². The van der Waals surface area contributed by atoms with Crippen LogP contribution in [0.15, 0.2) is 18.2 Å². The highest BCUT2D eigenvalue weighted by atomic mass is 15.2. The lowest BCUT2D eigenvalue weighted by Crippen LogP contribution is -2.20. The van der Waals surface area contributed by atoms with E-state index in [9.17, 15) is 0 Å². The fourth-order valence-electron chi connectivity index (χ4n) is 1.49. The van der Waals surface area contributed by atoms with E-state index in [4.69, 9.17) is 5.73 Å². The Labute approximate surface area is 78.6 Å². The Morgan fingerprint density at radius 2 is 2.31 bits per heavy atom. The predicted molar refractivity (Wildman–Crippen MR) is 53.1 cm³/mol. The van der Waals surface area contributed by atoms with Crippen molar-refractivity contribution in [3.63, 3.8) is 0 Å². The Hall–Kier alpha value is -1.09. The van der Waals surface area contributed by atoms with Crippen molar-refractivity contribution in [2.24, 2.45) is 0 Å². The third kappa shape index (κ3) is 2.18. The monoisotopic (exact) mass is 177 g/mol. The molecule has 1 saturated carbocycles. The molecule has 2 N–H and O–H groups in total. The molecule has 0 atom stereocenters. The summed E-state index contributed by atoms with van der Waals surface area (Å²) in [4.78, 5) is 6.59. The summed E-state index contributed by atoms with van der Waals surface area (Å²) in [6.45, 7) is 0.912. The van der Waals surface area contributed by atoms with Crippen LogP contribution in [0, 0.1) is 0 Å². The van der Waals surface area contributed by atoms with E-state index in [1.54, 1.807) is 0 Å². The third-order valence-corrected chi connectivity index (χ3v) is 2.41. The number of aromatic nitrogens is 1. The smallest absolute Gasteiger partial charge is 0.123 e. The molecular weight excluding hydrogens is 162 g/mol. The fraction of sp³-hybridized carbons (Fsp3) is 0.500. The van der Waals surface area contributed by atoms with Gasteiger partial charge in [-0.3, -0.25) is 4.90 Å². The van der Waals surface area contributed by atoms with Crippen LogP contribution in [-0.2, 0) is 6.54 Å². The SMILES string of the molecule is CN(Cc1cccc(N)n1)C1CC1. The Kier molecular flexibility index (Phi) is 2.19. The van der Waals surface area contributed by atoms with Crippen LogP contribution in [-0.4, -0.2) is 23.0 Å². The molecule has 1 fully saturated rings. The van der Waals surface area contributed by atoms with Crippen molar-refractivity contribution in [2.75, 3.05) is 12.8 Å². The zero-order valence-corrected chi connectivity index (χ0v) is 7.90. The Balaban J connectivity index is 2.00. The Morgan fingerprint density at radius 1 is 1.54 bits per heavy atom. The molecule has 0 unspecified atom stereocenters. The zero-order chi connectivity index (χ0) is 9.26. The summed E-state index contributed by atoms with van der Waals surface area (Å²) in [6, 6.07) is 6.58. The van der Waals surface area contributed by atoms with Gasteiger partial charge >= 0.3 is 0 Å². The molecule has 3 heteroatoms. The van der Waals surface area contributed by atoms with E-state index >= 15 is 0 Å². The fourth-order valence-corrected chi connectivity index (χ4v) is 1.49. The maximum atomic E-state index is 5.60. The molecule has 0 bridgehead atoms. The molecule has 70 valence electrons. The number of nitrogens with two attached hydrogens (primary N) is 1. The number of anilines is 1. The van der Waals surface area contributed by atoms with Crippen LogP contribution in [0.2, 0.25) is 0 Å². The summed E-state index contributed by atoms with van der Waals surface area (Å²) < 4.78 is 0. The van der Waals surface area contributed by atoms with Gasteiger partial charge in [0.15, 0.2) is 0 Å². The van der Waals surface area contributed by atoms with Crippen molar-refractivity contribution in [1.29, 1.82) is 0 Å². The molecule has 2 rings (SSSR count). The minimum atomic E-state index is 0.613. The van der Waals surface area contributed by atoms with E-state index in [1.807, 2.05) is 18.2 Å². The van der Waals surface area contributed by atoms with Crippen molar-refractivity contribution in [3.05, 3.63) is 23.9 Å². The molecule has 1 aliphatic rings. The summed E-state index contributed by atoms with van der Waals surface area (Å²) in [5.74, 6) is 0.613. The van der Waals surface area contributed by atoms with Gasteiger partial charge in [-0.1, -0.05) is 6.07 Å². The number of nitrogen functional groups attached to an aromatic ring is 1. The van der Waals surface area contributed by atoms with Crippen LogP contribution >= 0.6 is 0 Å². The first-order chi connectivity index (χ1) is 6.25. The molecule has 13 heavy (non-hydrogen) atoms. The summed E-state index contributed by atoms with van der Waals surface area (Å²) in [5, 5.41) is 0. The minimum Gasteiger partial charge on any atom is -0.384 e. The maximum absolute atomic E-state index is 5.60. The molecular formula is C10H15N3. The molecule has 3 nitrogen and oxygen atoms in total. The van der Waals surface area contributed by atoms with Crippen molar-refractivity contribution >= 4 is 5.82 Å². The van der Waals surface area contributed by atoms with Crippen LogP contribution in [0.1, 0.15) is 18.5 Å². The average Bonchev–Trinajstić information content (AvgIpc) is 2.85. The molecule has 0 aromatic carbocycles. The first-order valence-electron chi connectivity index (χ1n) is 4.67. The van der Waals surface area contributed by atoms with Crippen LogP contribution in [0.3, 0.4) is 0 Å². The van der Waals surface area contributed by atoms with Gasteiger partial charge in [0.05, 0.1) is 5.69 Å². The van der Waals surface area contributed by atoms with E-state index in [-0.39, 0.29) is 0 Å². The molecule has 1 aromatic rings. The van der Waals surface area contributed by atoms with E-state index in [0.29, 0.717) is 5.82 Å². The lowest BCUT2D eigenvalue weighted by Gasteiger charge is -2.14. The molecule has 0 amide bonds. The van der Waals surface area contributed by atoms with Gasteiger partial charge in [0.2, 0.25) is 0 Å². The van der Waals surface area contributed by atoms with Crippen LogP contribution in [0.4, 0.5) is 5.82 Å². The molecule has 1 aliphatic carbocycles. The van der Waals surface area contributed by atoms with E-state index in [1.165, 1.54) is 12.8 Å². The van der Waals surface area contributed by atoms with Gasteiger partial charge in [0.25, 0.3) is 0 Å². The normalized spacial score (nSPS) is 16.5. The number of hydrogen-bond acceptors (Lipinski definition) is 3. The maximum Gasteiger partial charge on any atom is 0.123 e. The van der Waals surface area contributed by atoms with Gasteiger partial charge in [0, 0.05) is 12.6 Å². The number of rotatable bonds is 3. The lowest BCUT2D eigenvalue weighted by atomic mass is 10.3. The summed E-state index contributed by atoms with van der Waals surface area (Å²) in [6.07, 6.45) is 2.66. The summed E-state index contributed by atoms with van der Waals surface area (Å²) in [7, 11) is 2.14. The van der Waals surface area contributed by atoms with E-state index in [2.05, 4.69) is 16.9 Å². The van der Waals surface area contributed by atoms with E-state index in [0.717, 1.165) is 18.3 Å². The molecule has 0 saturated heterocycles. The van der Waals surface area contributed by atoms with Gasteiger partial charge in [-0.15, -0.1) is 0 Å². The Morgan fingerprint density at radius 3 is 2.92 bits per heavy atom. The number of nitrogens with zero attached hydrogens (tertiary/aromatic N) is 2. The van der Waals surface area contributed by atoms with Crippen LogP contribution in [0.25, 0.3) is 0 Å². The van der Waals surface area contributed by atoms with Gasteiger partial charge in [-0.2, -0.15) is 0 Å². The second kappa shape index (κ2) is 3.34. The highest BCUT2D eigenvalue weighted by Crippen LogP contribution is 2.26. The third-order valence-electron chi connectivity index (χ3n) is 2.41. The van der Waals surface area contributed by atoms with Gasteiger partial charge in [-0.05, 0) is 32.0 Å². The topological polar surface area (TPSA) is 42.1 Å². The van der Waals surface area contributed by atoms with Gasteiger partial charge < -0.3 is 5.73 Å². The standard InChI is InChI=1S/C10H15N3/c1-13(9-5-6-9)7-8-3-2-4-10(11)12-8/h2-4,9H,5-7H2,1H3,(H2,11,12). The number of pyridine rings is 1. The van der Waals surface area contributed by atoms with Crippen LogP contribution < -0.4 is 5.73 Å². The average molecular weight is 177 g/mol. The molecule has 0 spiro atoms. The van der Waals surface area contributed by atoms with Crippen LogP contribution in [0.5, 0.6) is 0 Å². The second-order valence-corrected chi connectivity index (χ2v) is 3.70.